The molecule has 0 N–H and O–H groups in total. The maximum Gasteiger partial charge on any atom is 0.220 e. The zero-order valence-corrected chi connectivity index (χ0v) is 9.61. The highest BCUT2D eigenvalue weighted by Gasteiger charge is 2.43. The lowest BCUT2D eigenvalue weighted by atomic mass is 10.1. The third-order valence-electron chi connectivity index (χ3n) is 2.95. The Morgan fingerprint density at radius 1 is 1.19 bits per heavy atom. The lowest BCUT2D eigenvalue weighted by Crippen LogP contribution is -1.84. The van der Waals surface area contributed by atoms with Gasteiger partial charge in [-0.1, -0.05) is 23.7 Å². The van der Waals surface area contributed by atoms with Crippen LogP contribution in [0.1, 0.15) is 35.6 Å². The molecule has 2 unspecified atom stereocenters. The molecule has 3 rings (SSSR count). The van der Waals surface area contributed by atoms with Gasteiger partial charge in [-0.2, -0.15) is 0 Å². The molecule has 1 fully saturated rings. The molecule has 1 aliphatic rings. The van der Waals surface area contributed by atoms with Gasteiger partial charge in [-0.3, -0.25) is 0 Å². The SMILES string of the molecule is Cc1nnc(C2CC2c2ccc(Cl)cc2)o1. The van der Waals surface area contributed by atoms with E-state index in [-0.39, 0.29) is 0 Å². The molecule has 0 saturated heterocycles. The number of aryl methyl sites for hydroxylation is 1. The van der Waals surface area contributed by atoms with E-state index in [4.69, 9.17) is 16.0 Å². The van der Waals surface area contributed by atoms with Crippen LogP contribution in [0, 0.1) is 6.92 Å². The molecule has 0 radical (unpaired) electrons. The Morgan fingerprint density at radius 2 is 1.94 bits per heavy atom. The summed E-state index contributed by atoms with van der Waals surface area (Å²) < 4.78 is 5.43. The summed E-state index contributed by atoms with van der Waals surface area (Å²) in [5.41, 5.74) is 1.30. The van der Waals surface area contributed by atoms with Gasteiger partial charge in [-0.05, 0) is 30.0 Å². The standard InChI is InChI=1S/C12H11ClN2O/c1-7-14-15-12(16-7)11-6-10(11)8-2-4-9(13)5-3-8/h2-5,10-11H,6H2,1H3. The van der Waals surface area contributed by atoms with Crippen LogP contribution >= 0.6 is 11.6 Å². The van der Waals surface area contributed by atoms with Gasteiger partial charge in [0.15, 0.2) is 0 Å². The van der Waals surface area contributed by atoms with Crippen LogP contribution in [0.15, 0.2) is 28.7 Å². The Labute approximate surface area is 98.4 Å². The average Bonchev–Trinajstić information content (AvgIpc) is 2.96. The second kappa shape index (κ2) is 3.59. The fourth-order valence-corrected chi connectivity index (χ4v) is 2.13. The molecular formula is C12H11ClN2O. The molecule has 4 heteroatoms. The van der Waals surface area contributed by atoms with Gasteiger partial charge >= 0.3 is 0 Å². The van der Waals surface area contributed by atoms with E-state index in [2.05, 4.69) is 22.3 Å². The van der Waals surface area contributed by atoms with E-state index < -0.39 is 0 Å². The molecule has 2 atom stereocenters. The van der Waals surface area contributed by atoms with Crippen molar-refractivity contribution in [3.05, 3.63) is 46.6 Å². The minimum absolute atomic E-state index is 0.391. The molecule has 1 aliphatic carbocycles. The van der Waals surface area contributed by atoms with Crippen LogP contribution in [0.25, 0.3) is 0 Å². The third-order valence-corrected chi connectivity index (χ3v) is 3.20. The van der Waals surface area contributed by atoms with Crippen LogP contribution in [0.3, 0.4) is 0 Å². The molecule has 0 amide bonds. The molecular weight excluding hydrogens is 224 g/mol. The third kappa shape index (κ3) is 1.71. The minimum atomic E-state index is 0.391. The number of nitrogens with zero attached hydrogens (tertiary/aromatic N) is 2. The zero-order chi connectivity index (χ0) is 11.1. The van der Waals surface area contributed by atoms with Crippen LogP contribution in [-0.2, 0) is 0 Å². The molecule has 3 nitrogen and oxygen atoms in total. The second-order valence-corrected chi connectivity index (χ2v) is 4.60. The summed E-state index contributed by atoms with van der Waals surface area (Å²) in [6, 6.07) is 7.98. The Bertz CT molecular complexity index is 506. The number of hydrogen-bond acceptors (Lipinski definition) is 3. The lowest BCUT2D eigenvalue weighted by Gasteiger charge is -1.98. The number of benzene rings is 1. The fourth-order valence-electron chi connectivity index (χ4n) is 2.01. The first-order valence-electron chi connectivity index (χ1n) is 5.29. The maximum atomic E-state index is 5.85. The van der Waals surface area contributed by atoms with Crippen molar-refractivity contribution in [3.8, 4) is 0 Å². The van der Waals surface area contributed by atoms with E-state index >= 15 is 0 Å². The van der Waals surface area contributed by atoms with Crippen LogP contribution < -0.4 is 0 Å². The Hall–Kier alpha value is -1.35. The van der Waals surface area contributed by atoms with Crippen LogP contribution in [0.2, 0.25) is 5.02 Å². The molecule has 0 aliphatic heterocycles. The van der Waals surface area contributed by atoms with E-state index in [0.29, 0.717) is 17.7 Å². The predicted molar refractivity (Wildman–Crippen MR) is 60.6 cm³/mol. The first-order valence-corrected chi connectivity index (χ1v) is 5.67. The van der Waals surface area contributed by atoms with Crippen LogP contribution in [-0.4, -0.2) is 10.2 Å². The maximum absolute atomic E-state index is 5.85. The number of aromatic nitrogens is 2. The molecule has 1 aromatic heterocycles. The highest BCUT2D eigenvalue weighted by Crippen LogP contribution is 2.54. The summed E-state index contributed by atoms with van der Waals surface area (Å²) in [6.07, 6.45) is 1.09. The van der Waals surface area contributed by atoms with Crippen LogP contribution in [0.5, 0.6) is 0 Å². The summed E-state index contributed by atoms with van der Waals surface area (Å²) in [7, 11) is 0. The molecule has 2 aromatic rings. The van der Waals surface area contributed by atoms with Gasteiger partial charge in [0.25, 0.3) is 0 Å². The smallest absolute Gasteiger partial charge is 0.220 e. The first kappa shape index (κ1) is 9.85. The lowest BCUT2D eigenvalue weighted by molar-refractivity contribution is 0.467. The fraction of sp³-hybridized carbons (Fsp3) is 0.333. The summed E-state index contributed by atoms with van der Waals surface area (Å²) >= 11 is 5.85. The molecule has 82 valence electrons. The molecule has 0 spiro atoms. The number of hydrogen-bond donors (Lipinski definition) is 0. The minimum Gasteiger partial charge on any atom is -0.425 e. The van der Waals surface area contributed by atoms with Crippen molar-refractivity contribution in [3.63, 3.8) is 0 Å². The molecule has 0 bridgehead atoms. The predicted octanol–water partition coefficient (Wildman–Crippen LogP) is 3.30. The monoisotopic (exact) mass is 234 g/mol. The van der Waals surface area contributed by atoms with Crippen molar-refractivity contribution in [1.29, 1.82) is 0 Å². The van der Waals surface area contributed by atoms with Crippen LogP contribution in [0.4, 0.5) is 0 Å². The summed E-state index contributed by atoms with van der Waals surface area (Å²) in [5.74, 6) is 2.30. The van der Waals surface area contributed by atoms with Crippen molar-refractivity contribution in [2.24, 2.45) is 0 Å². The normalized spacial score (nSPS) is 23.4. The Morgan fingerprint density at radius 3 is 2.56 bits per heavy atom. The molecule has 16 heavy (non-hydrogen) atoms. The topological polar surface area (TPSA) is 38.9 Å². The Balaban J connectivity index is 1.79. The summed E-state index contributed by atoms with van der Waals surface area (Å²) in [4.78, 5) is 0. The second-order valence-electron chi connectivity index (χ2n) is 4.16. The van der Waals surface area contributed by atoms with Crippen molar-refractivity contribution in [2.45, 2.75) is 25.2 Å². The molecule has 1 aromatic carbocycles. The first-order chi connectivity index (χ1) is 7.74. The van der Waals surface area contributed by atoms with Crippen molar-refractivity contribution in [2.75, 3.05) is 0 Å². The molecule has 1 heterocycles. The van der Waals surface area contributed by atoms with Crippen molar-refractivity contribution >= 4 is 11.6 Å². The zero-order valence-electron chi connectivity index (χ0n) is 8.85. The van der Waals surface area contributed by atoms with E-state index in [9.17, 15) is 0 Å². The number of rotatable bonds is 2. The van der Waals surface area contributed by atoms with Gasteiger partial charge in [0.2, 0.25) is 11.8 Å². The van der Waals surface area contributed by atoms with Gasteiger partial charge in [-0.15, -0.1) is 10.2 Å². The highest BCUT2D eigenvalue weighted by molar-refractivity contribution is 6.30. The summed E-state index contributed by atoms with van der Waals surface area (Å²) in [5, 5.41) is 8.68. The van der Waals surface area contributed by atoms with E-state index in [1.807, 2.05) is 19.1 Å². The van der Waals surface area contributed by atoms with E-state index in [0.717, 1.165) is 17.3 Å². The van der Waals surface area contributed by atoms with Gasteiger partial charge in [0.05, 0.1) is 0 Å². The van der Waals surface area contributed by atoms with Crippen molar-refractivity contribution < 1.29 is 4.42 Å². The quantitative estimate of drug-likeness (QED) is 0.800. The van der Waals surface area contributed by atoms with Gasteiger partial charge in [-0.25, -0.2) is 0 Å². The largest absolute Gasteiger partial charge is 0.425 e. The van der Waals surface area contributed by atoms with E-state index in [1.54, 1.807) is 0 Å². The highest BCUT2D eigenvalue weighted by atomic mass is 35.5. The number of halogens is 1. The van der Waals surface area contributed by atoms with Crippen molar-refractivity contribution in [1.82, 2.24) is 10.2 Å². The van der Waals surface area contributed by atoms with Gasteiger partial charge in [0, 0.05) is 17.9 Å². The van der Waals surface area contributed by atoms with Gasteiger partial charge in [0.1, 0.15) is 0 Å². The summed E-state index contributed by atoms with van der Waals surface area (Å²) in [6.45, 7) is 1.82. The average molecular weight is 235 g/mol. The Kier molecular flexibility index (Phi) is 2.21. The molecule has 1 saturated carbocycles. The van der Waals surface area contributed by atoms with Gasteiger partial charge < -0.3 is 4.42 Å². The van der Waals surface area contributed by atoms with E-state index in [1.165, 1.54) is 5.56 Å².